The van der Waals surface area contributed by atoms with Crippen molar-refractivity contribution < 1.29 is 31.3 Å². The Balaban J connectivity index is 2.02. The van der Waals surface area contributed by atoms with Gasteiger partial charge in [0.2, 0.25) is 0 Å². The van der Waals surface area contributed by atoms with Gasteiger partial charge in [-0.05, 0) is 22.9 Å². The van der Waals surface area contributed by atoms with Gasteiger partial charge < -0.3 is 4.74 Å². The van der Waals surface area contributed by atoms with Crippen molar-refractivity contribution in [3.8, 4) is 0 Å². The first-order valence-corrected chi connectivity index (χ1v) is 7.40. The highest BCUT2D eigenvalue weighted by Crippen LogP contribution is 2.22. The molecule has 2 N–H and O–H groups in total. The van der Waals surface area contributed by atoms with Crippen LogP contribution in [-0.4, -0.2) is 30.9 Å². The maximum absolute atomic E-state index is 12.9. The van der Waals surface area contributed by atoms with E-state index in [9.17, 15) is 22.0 Å². The van der Waals surface area contributed by atoms with Gasteiger partial charge in [-0.1, -0.05) is 30.3 Å². The van der Waals surface area contributed by atoms with E-state index in [0.717, 1.165) is 10.8 Å². The van der Waals surface area contributed by atoms with Gasteiger partial charge in [-0.15, -0.1) is 0 Å². The van der Waals surface area contributed by atoms with Gasteiger partial charge >= 0.3 is 21.5 Å². The van der Waals surface area contributed by atoms with E-state index < -0.39 is 28.1 Å². The van der Waals surface area contributed by atoms with Crippen molar-refractivity contribution in [2.45, 2.75) is 5.25 Å². The second kappa shape index (κ2) is 5.85. The van der Waals surface area contributed by atoms with Gasteiger partial charge in [0.15, 0.2) is 6.61 Å². The summed E-state index contributed by atoms with van der Waals surface area (Å²) in [7, 11) is -5.64. The fourth-order valence-electron chi connectivity index (χ4n) is 1.65. The van der Waals surface area contributed by atoms with Crippen molar-refractivity contribution in [1.29, 1.82) is 0 Å². The largest absolute Gasteiger partial charge is 0.442 e. The van der Waals surface area contributed by atoms with E-state index in [-0.39, 0.29) is 0 Å². The lowest BCUT2D eigenvalue weighted by atomic mass is 10.1. The standard InChI is InChI=1S/C13H11F2NO5S/c14-13(15,22(18,19)20)8-21-12(17)16-11-6-5-9-3-1-2-4-10(9)7-11/h1-7H,8H2,(H,16,17)(H,18,19,20). The quantitative estimate of drug-likeness (QED) is 0.840. The number of amides is 1. The van der Waals surface area contributed by atoms with Gasteiger partial charge in [0.05, 0.1) is 0 Å². The molecule has 2 rings (SSSR count). The number of hydrogen-bond donors (Lipinski definition) is 2. The molecule has 0 aliphatic carbocycles. The maximum Gasteiger partial charge on any atom is 0.411 e. The third-order valence-electron chi connectivity index (χ3n) is 2.74. The predicted molar refractivity (Wildman–Crippen MR) is 75.4 cm³/mol. The van der Waals surface area contributed by atoms with Gasteiger partial charge in [-0.2, -0.15) is 17.2 Å². The van der Waals surface area contributed by atoms with Crippen molar-refractivity contribution in [2.75, 3.05) is 11.9 Å². The summed E-state index contributed by atoms with van der Waals surface area (Å²) in [6, 6.07) is 12.1. The lowest BCUT2D eigenvalue weighted by molar-refractivity contribution is 0.0112. The molecule has 22 heavy (non-hydrogen) atoms. The smallest absolute Gasteiger partial charge is 0.411 e. The molecule has 2 aromatic carbocycles. The number of fused-ring (bicyclic) bond motifs is 1. The third-order valence-corrected chi connectivity index (χ3v) is 3.62. The van der Waals surface area contributed by atoms with E-state index in [2.05, 4.69) is 10.1 Å². The number of carbonyl (C=O) groups excluding carboxylic acids is 1. The molecule has 9 heteroatoms. The molecule has 0 aliphatic heterocycles. The van der Waals surface area contributed by atoms with Crippen LogP contribution >= 0.6 is 0 Å². The Morgan fingerprint density at radius 2 is 1.82 bits per heavy atom. The normalized spacial score (nSPS) is 12.1. The maximum atomic E-state index is 12.9. The highest BCUT2D eigenvalue weighted by atomic mass is 32.2. The number of anilines is 1. The average molecular weight is 331 g/mol. The van der Waals surface area contributed by atoms with E-state index in [1.54, 1.807) is 24.3 Å². The van der Waals surface area contributed by atoms with Crippen molar-refractivity contribution in [3.63, 3.8) is 0 Å². The summed E-state index contributed by atoms with van der Waals surface area (Å²) < 4.78 is 58.9. The second-order valence-electron chi connectivity index (χ2n) is 4.38. The molecule has 0 fully saturated rings. The second-order valence-corrected chi connectivity index (χ2v) is 5.92. The van der Waals surface area contributed by atoms with E-state index in [1.807, 2.05) is 12.1 Å². The van der Waals surface area contributed by atoms with Crippen LogP contribution < -0.4 is 5.32 Å². The molecule has 0 aromatic heterocycles. The summed E-state index contributed by atoms with van der Waals surface area (Å²) in [6.45, 7) is -1.79. The number of alkyl halides is 2. The number of carbonyl (C=O) groups is 1. The molecule has 0 bridgehead atoms. The molecular formula is C13H11F2NO5S. The number of rotatable bonds is 4. The minimum absolute atomic E-state index is 0.291. The lowest BCUT2D eigenvalue weighted by Crippen LogP contribution is -2.35. The Morgan fingerprint density at radius 1 is 1.18 bits per heavy atom. The molecule has 2 aromatic rings. The van der Waals surface area contributed by atoms with Crippen LogP contribution in [0.25, 0.3) is 10.8 Å². The Labute approximate surface area is 124 Å². The molecule has 0 radical (unpaired) electrons. The number of ether oxygens (including phenoxy) is 1. The Morgan fingerprint density at radius 3 is 2.45 bits per heavy atom. The van der Waals surface area contributed by atoms with Crippen LogP contribution in [0.2, 0.25) is 0 Å². The first-order chi connectivity index (χ1) is 10.2. The topological polar surface area (TPSA) is 92.7 Å². The van der Waals surface area contributed by atoms with Gasteiger partial charge in [0.1, 0.15) is 0 Å². The SMILES string of the molecule is O=C(Nc1ccc2ccccc2c1)OCC(F)(F)S(=O)(=O)O. The first-order valence-electron chi connectivity index (χ1n) is 5.96. The average Bonchev–Trinajstić information content (AvgIpc) is 2.44. The van der Waals surface area contributed by atoms with Crippen LogP contribution in [0.4, 0.5) is 19.3 Å². The molecule has 0 aliphatic rings. The third kappa shape index (κ3) is 3.68. The van der Waals surface area contributed by atoms with Gasteiger partial charge in [-0.25, -0.2) is 4.79 Å². The van der Waals surface area contributed by atoms with E-state index in [4.69, 9.17) is 4.55 Å². The van der Waals surface area contributed by atoms with Crippen molar-refractivity contribution in [1.82, 2.24) is 0 Å². The Hall–Kier alpha value is -2.26. The summed E-state index contributed by atoms with van der Waals surface area (Å²) in [5.41, 5.74) is 0.291. The minimum Gasteiger partial charge on any atom is -0.442 e. The molecule has 0 unspecified atom stereocenters. The molecule has 0 atom stereocenters. The molecule has 0 spiro atoms. The molecule has 0 heterocycles. The summed E-state index contributed by atoms with van der Waals surface area (Å²) in [5.74, 6) is 0. The minimum atomic E-state index is -5.64. The Kier molecular flexibility index (Phi) is 4.29. The molecular weight excluding hydrogens is 320 g/mol. The van der Waals surface area contributed by atoms with Crippen LogP contribution in [0.1, 0.15) is 0 Å². The zero-order valence-electron chi connectivity index (χ0n) is 11.0. The number of halogens is 2. The zero-order chi connectivity index (χ0) is 16.4. The summed E-state index contributed by atoms with van der Waals surface area (Å²) >= 11 is 0. The van der Waals surface area contributed by atoms with Gasteiger partial charge in [0, 0.05) is 5.69 Å². The van der Waals surface area contributed by atoms with E-state index in [0.29, 0.717) is 5.69 Å². The molecule has 0 saturated carbocycles. The summed E-state index contributed by atoms with van der Waals surface area (Å²) in [5, 5.41) is -0.650. The fourth-order valence-corrected chi connectivity index (χ4v) is 1.85. The summed E-state index contributed by atoms with van der Waals surface area (Å²) in [6.07, 6.45) is -1.27. The molecule has 118 valence electrons. The van der Waals surface area contributed by atoms with Crippen LogP contribution in [0.5, 0.6) is 0 Å². The molecule has 6 nitrogen and oxygen atoms in total. The highest BCUT2D eigenvalue weighted by molar-refractivity contribution is 7.86. The monoisotopic (exact) mass is 331 g/mol. The number of nitrogens with one attached hydrogen (secondary N) is 1. The van der Waals surface area contributed by atoms with Gasteiger partial charge in [-0.3, -0.25) is 9.87 Å². The first kappa shape index (κ1) is 16.1. The van der Waals surface area contributed by atoms with E-state index >= 15 is 0 Å². The van der Waals surface area contributed by atoms with Gasteiger partial charge in [0.25, 0.3) is 0 Å². The summed E-state index contributed by atoms with van der Waals surface area (Å²) in [4.78, 5) is 11.4. The number of hydrogen-bond acceptors (Lipinski definition) is 4. The van der Waals surface area contributed by atoms with Crippen molar-refractivity contribution in [3.05, 3.63) is 42.5 Å². The van der Waals surface area contributed by atoms with Crippen molar-refractivity contribution >= 4 is 32.7 Å². The van der Waals surface area contributed by atoms with Crippen molar-refractivity contribution in [2.24, 2.45) is 0 Å². The van der Waals surface area contributed by atoms with Crippen LogP contribution in [-0.2, 0) is 14.9 Å². The van der Waals surface area contributed by atoms with Crippen LogP contribution in [0, 0.1) is 0 Å². The predicted octanol–water partition coefficient (Wildman–Crippen LogP) is 2.87. The molecule has 0 saturated heterocycles. The van der Waals surface area contributed by atoms with Crippen LogP contribution in [0.15, 0.2) is 42.5 Å². The number of benzene rings is 2. The lowest BCUT2D eigenvalue weighted by Gasteiger charge is -2.13. The Bertz CT molecular complexity index is 807. The van der Waals surface area contributed by atoms with E-state index in [1.165, 1.54) is 6.07 Å². The van der Waals surface area contributed by atoms with Crippen LogP contribution in [0.3, 0.4) is 0 Å². The molecule has 1 amide bonds. The zero-order valence-corrected chi connectivity index (χ0v) is 11.8. The fraction of sp³-hybridized carbons (Fsp3) is 0.154. The highest BCUT2D eigenvalue weighted by Gasteiger charge is 2.45.